The molecule has 0 spiro atoms. The molecular weight excluding hydrogens is 444 g/mol. The van der Waals surface area contributed by atoms with E-state index in [-0.39, 0.29) is 0 Å². The quantitative estimate of drug-likeness (QED) is 0.425. The largest absolute Gasteiger partial charge is 0.477 e. The Hall–Kier alpha value is -3.59. The van der Waals surface area contributed by atoms with E-state index in [2.05, 4.69) is 36.5 Å². The lowest BCUT2D eigenvalue weighted by Crippen LogP contribution is -2.57. The molecule has 0 amide bonds. The summed E-state index contributed by atoms with van der Waals surface area (Å²) in [4.78, 5) is 9.48. The minimum Gasteiger partial charge on any atom is -0.477 e. The number of hydrogen-bond donors (Lipinski definition) is 1. The van der Waals surface area contributed by atoms with Crippen LogP contribution in [0.3, 0.4) is 0 Å². The van der Waals surface area contributed by atoms with E-state index >= 15 is 0 Å². The first-order valence-electron chi connectivity index (χ1n) is 12.3. The van der Waals surface area contributed by atoms with Crippen molar-refractivity contribution in [2.24, 2.45) is 5.92 Å². The van der Waals surface area contributed by atoms with E-state index in [1.165, 1.54) is 6.42 Å². The highest BCUT2D eigenvalue weighted by molar-refractivity contribution is 5.88. The van der Waals surface area contributed by atoms with Crippen LogP contribution in [0.5, 0.6) is 5.88 Å². The summed E-state index contributed by atoms with van der Waals surface area (Å²) in [5.41, 5.74) is 2.77. The monoisotopic (exact) mass is 474 g/mol. The van der Waals surface area contributed by atoms with Gasteiger partial charge in [-0.15, -0.1) is 0 Å². The summed E-state index contributed by atoms with van der Waals surface area (Å²) in [7, 11) is 0. The van der Waals surface area contributed by atoms with Crippen LogP contribution in [0.2, 0.25) is 0 Å². The molecule has 6 rings (SSSR count). The van der Waals surface area contributed by atoms with Gasteiger partial charge in [-0.2, -0.15) is 0 Å². The Morgan fingerprint density at radius 2 is 2.00 bits per heavy atom. The molecule has 1 N–H and O–H groups in total. The highest BCUT2D eigenvalue weighted by Gasteiger charge is 2.34. The molecular formula is C26H30N6O3. The van der Waals surface area contributed by atoms with Gasteiger partial charge < -0.3 is 24.0 Å². The second-order valence-corrected chi connectivity index (χ2v) is 9.54. The van der Waals surface area contributed by atoms with Crippen molar-refractivity contribution < 1.29 is 13.8 Å². The van der Waals surface area contributed by atoms with Crippen molar-refractivity contribution in [1.29, 1.82) is 0 Å². The van der Waals surface area contributed by atoms with Crippen LogP contribution in [0.15, 0.2) is 57.7 Å². The first kappa shape index (κ1) is 21.9. The average molecular weight is 475 g/mol. The number of hydrogen-bond acceptors (Lipinski definition) is 9. The molecule has 182 valence electrons. The molecule has 9 nitrogen and oxygen atoms in total. The Balaban J connectivity index is 0.980. The zero-order valence-electron chi connectivity index (χ0n) is 19.9. The maximum Gasteiger partial charge on any atom is 0.225 e. The third-order valence-corrected chi connectivity index (χ3v) is 7.02. The van der Waals surface area contributed by atoms with E-state index in [1.54, 1.807) is 0 Å². The zero-order chi connectivity index (χ0) is 23.6. The molecule has 0 bridgehead atoms. The molecule has 2 aliphatic heterocycles. The van der Waals surface area contributed by atoms with Crippen molar-refractivity contribution >= 4 is 22.7 Å². The summed E-state index contributed by atoms with van der Waals surface area (Å²) in [6.07, 6.45) is 4.17. The molecule has 0 aliphatic carbocycles. The Morgan fingerprint density at radius 1 is 1.06 bits per heavy atom. The lowest BCUT2D eigenvalue weighted by atomic mass is 9.91. The number of piperidine rings is 1. The summed E-state index contributed by atoms with van der Waals surface area (Å²) in [5.74, 6) is 2.83. The van der Waals surface area contributed by atoms with Crippen molar-refractivity contribution in [3.05, 3.63) is 59.9 Å². The van der Waals surface area contributed by atoms with Gasteiger partial charge in [0.05, 0.1) is 17.7 Å². The van der Waals surface area contributed by atoms with Crippen molar-refractivity contribution in [3.8, 4) is 5.88 Å². The van der Waals surface area contributed by atoms with Gasteiger partial charge >= 0.3 is 0 Å². The highest BCUT2D eigenvalue weighted by atomic mass is 16.5. The molecule has 9 heteroatoms. The van der Waals surface area contributed by atoms with Gasteiger partial charge in [-0.25, -0.2) is 4.98 Å². The van der Waals surface area contributed by atoms with Crippen LogP contribution < -0.4 is 15.0 Å². The topological polar surface area (TPSA) is 92.7 Å². The maximum atomic E-state index is 6.06. The van der Waals surface area contributed by atoms with Crippen LogP contribution in [0.4, 0.5) is 11.7 Å². The second-order valence-electron chi connectivity index (χ2n) is 9.54. The number of para-hydroxylation sites is 1. The highest BCUT2D eigenvalue weighted by Crippen LogP contribution is 2.31. The smallest absolute Gasteiger partial charge is 0.225 e. The van der Waals surface area contributed by atoms with E-state index in [1.807, 2.05) is 49.5 Å². The summed E-state index contributed by atoms with van der Waals surface area (Å²) in [6.45, 7) is 7.28. The van der Waals surface area contributed by atoms with Gasteiger partial charge in [0.2, 0.25) is 11.8 Å². The van der Waals surface area contributed by atoms with Crippen LogP contribution in [0.1, 0.15) is 24.1 Å². The van der Waals surface area contributed by atoms with Gasteiger partial charge in [-0.05, 0) is 37.5 Å². The minimum atomic E-state index is 0.517. The maximum absolute atomic E-state index is 6.06. The normalized spacial score (nSPS) is 20.7. The number of ether oxygens (including phenoxy) is 1. The number of nitrogens with zero attached hydrogens (tertiary/aromatic N) is 5. The van der Waals surface area contributed by atoms with Gasteiger partial charge in [0.15, 0.2) is 11.4 Å². The zero-order valence-corrected chi connectivity index (χ0v) is 19.9. The molecule has 4 aromatic rings. The van der Waals surface area contributed by atoms with Gasteiger partial charge in [-0.1, -0.05) is 28.5 Å². The van der Waals surface area contributed by atoms with Crippen molar-refractivity contribution in [2.45, 2.75) is 32.4 Å². The fraction of sp³-hybridized carbons (Fsp3) is 0.423. The van der Waals surface area contributed by atoms with Gasteiger partial charge in [0.1, 0.15) is 0 Å². The summed E-state index contributed by atoms with van der Waals surface area (Å²) >= 11 is 0. The van der Waals surface area contributed by atoms with E-state index in [4.69, 9.17) is 13.8 Å². The Morgan fingerprint density at radius 3 is 2.86 bits per heavy atom. The molecule has 2 aliphatic rings. The van der Waals surface area contributed by atoms with Crippen molar-refractivity contribution in [2.75, 3.05) is 43.0 Å². The Bertz CT molecular complexity index is 1270. The van der Waals surface area contributed by atoms with Crippen LogP contribution in [0.25, 0.3) is 11.0 Å². The number of rotatable bonds is 7. The molecule has 5 heterocycles. The van der Waals surface area contributed by atoms with E-state index < -0.39 is 0 Å². The van der Waals surface area contributed by atoms with Crippen LogP contribution >= 0.6 is 0 Å². The van der Waals surface area contributed by atoms with Crippen molar-refractivity contribution in [3.63, 3.8) is 0 Å². The number of fused-ring (bicyclic) bond motifs is 2. The summed E-state index contributed by atoms with van der Waals surface area (Å²) < 4.78 is 16.8. The Labute approximate surface area is 204 Å². The minimum absolute atomic E-state index is 0.517. The summed E-state index contributed by atoms with van der Waals surface area (Å²) in [5, 5.41) is 12.5. The fourth-order valence-electron chi connectivity index (χ4n) is 5.13. The molecule has 35 heavy (non-hydrogen) atoms. The molecule has 0 radical (unpaired) electrons. The summed E-state index contributed by atoms with van der Waals surface area (Å²) in [6, 6.07) is 14.5. The fourth-order valence-corrected chi connectivity index (χ4v) is 5.13. The van der Waals surface area contributed by atoms with Gasteiger partial charge in [0, 0.05) is 63.0 Å². The Kier molecular flexibility index (Phi) is 5.99. The molecule has 2 fully saturated rings. The molecule has 0 unspecified atom stereocenters. The number of benzene rings is 1. The van der Waals surface area contributed by atoms with Crippen LogP contribution in [-0.4, -0.2) is 59.0 Å². The standard InChI is InChI=1S/C26H30N6O3/c1-18-12-25(35-29-18)28-14-19-7-9-24(27-13-19)33-17-20-6-8-21-16-32(11-10-31(21)15-20)26-22-4-2-3-5-23(22)34-30-26/h2-5,7,9,12-13,20-21,28H,6,8,10-11,14-17H2,1H3/t20-,21-/m1/s1. The lowest BCUT2D eigenvalue weighted by molar-refractivity contribution is 0.0717. The first-order chi connectivity index (χ1) is 17.2. The molecule has 3 aromatic heterocycles. The van der Waals surface area contributed by atoms with Crippen LogP contribution in [0, 0.1) is 12.8 Å². The molecule has 2 atom stereocenters. The first-order valence-corrected chi connectivity index (χ1v) is 12.3. The lowest BCUT2D eigenvalue weighted by Gasteiger charge is -2.46. The second kappa shape index (κ2) is 9.58. The number of aromatic nitrogens is 3. The van der Waals surface area contributed by atoms with Crippen LogP contribution in [-0.2, 0) is 6.54 Å². The SMILES string of the molecule is Cc1cc(NCc2ccc(OC[C@@H]3CC[C@@H]4CN(c5noc6ccccc56)CCN4C3)nc2)on1. The number of pyridine rings is 1. The van der Waals surface area contributed by atoms with E-state index in [0.29, 0.717) is 36.9 Å². The third kappa shape index (κ3) is 4.81. The number of anilines is 2. The molecule has 1 aromatic carbocycles. The number of aryl methyl sites for hydroxylation is 1. The van der Waals surface area contributed by atoms with Gasteiger partial charge in [-0.3, -0.25) is 4.90 Å². The van der Waals surface area contributed by atoms with E-state index in [9.17, 15) is 0 Å². The molecule has 2 saturated heterocycles. The third-order valence-electron chi connectivity index (χ3n) is 7.02. The number of nitrogens with one attached hydrogen (secondary N) is 1. The van der Waals surface area contributed by atoms with Crippen molar-refractivity contribution in [1.82, 2.24) is 20.2 Å². The predicted molar refractivity (Wildman–Crippen MR) is 133 cm³/mol. The predicted octanol–water partition coefficient (Wildman–Crippen LogP) is 4.11. The molecule has 0 saturated carbocycles. The number of piperazine rings is 1. The van der Waals surface area contributed by atoms with E-state index in [0.717, 1.165) is 60.6 Å². The van der Waals surface area contributed by atoms with Gasteiger partial charge in [0.25, 0.3) is 0 Å². The average Bonchev–Trinajstić information content (AvgIpc) is 3.52.